The van der Waals surface area contributed by atoms with E-state index >= 15 is 0 Å². The smallest absolute Gasteiger partial charge is 0.0484 e. The van der Waals surface area contributed by atoms with Crippen LogP contribution in [0.25, 0.3) is 0 Å². The lowest BCUT2D eigenvalue weighted by molar-refractivity contribution is 1.13. The molecule has 1 N–H and O–H groups in total. The van der Waals surface area contributed by atoms with Gasteiger partial charge in [-0.1, -0.05) is 72.4 Å². The second-order valence-corrected chi connectivity index (χ2v) is 5.87. The maximum Gasteiger partial charge on any atom is 0.0484 e. The highest BCUT2D eigenvalue weighted by Crippen LogP contribution is 2.33. The molecule has 0 fully saturated rings. The maximum atomic E-state index is 3.53. The Morgan fingerprint density at radius 1 is 0.667 bits per heavy atom. The molecule has 0 atom stereocenters. The second kappa shape index (κ2) is 7.00. The van der Waals surface area contributed by atoms with E-state index in [1.54, 1.807) is 11.8 Å². The third-order valence-electron chi connectivity index (χ3n) is 3.18. The molecule has 1 nitrogen and oxygen atoms in total. The Balaban J connectivity index is 1.73. The van der Waals surface area contributed by atoms with Gasteiger partial charge in [-0.05, 0) is 29.8 Å². The molecule has 21 heavy (non-hydrogen) atoms. The van der Waals surface area contributed by atoms with Crippen LogP contribution in [0.3, 0.4) is 0 Å². The normalized spacial score (nSPS) is 10.3. The van der Waals surface area contributed by atoms with E-state index in [1.165, 1.54) is 21.0 Å². The molecule has 0 saturated heterocycles. The van der Waals surface area contributed by atoms with Crippen molar-refractivity contribution in [1.82, 2.24) is 0 Å². The quantitative estimate of drug-likeness (QED) is 0.671. The van der Waals surface area contributed by atoms with Crippen molar-refractivity contribution in [3.63, 3.8) is 0 Å². The van der Waals surface area contributed by atoms with Crippen molar-refractivity contribution >= 4 is 17.4 Å². The van der Waals surface area contributed by atoms with Gasteiger partial charge < -0.3 is 5.32 Å². The molecule has 0 aliphatic carbocycles. The zero-order chi connectivity index (χ0) is 14.3. The van der Waals surface area contributed by atoms with Gasteiger partial charge in [0.15, 0.2) is 0 Å². The SMILES string of the molecule is c1ccc(CNc2ccccc2Sc2ccccc2)cc1. The standard InChI is InChI=1S/C19H17NS/c1-3-9-16(10-4-1)15-20-18-13-7-8-14-19(18)21-17-11-5-2-6-12-17/h1-14,20H,15H2. The molecule has 0 heterocycles. The van der Waals surface area contributed by atoms with Crippen LogP contribution >= 0.6 is 11.8 Å². The summed E-state index contributed by atoms with van der Waals surface area (Å²) in [5, 5.41) is 3.53. The van der Waals surface area contributed by atoms with Crippen LogP contribution in [0, 0.1) is 0 Å². The lowest BCUT2D eigenvalue weighted by Gasteiger charge is -2.11. The predicted octanol–water partition coefficient (Wildman–Crippen LogP) is 5.45. The molecule has 3 rings (SSSR count). The monoisotopic (exact) mass is 291 g/mol. The topological polar surface area (TPSA) is 12.0 Å². The Morgan fingerprint density at radius 2 is 1.29 bits per heavy atom. The highest BCUT2D eigenvalue weighted by atomic mass is 32.2. The van der Waals surface area contributed by atoms with Crippen molar-refractivity contribution in [1.29, 1.82) is 0 Å². The van der Waals surface area contributed by atoms with Gasteiger partial charge >= 0.3 is 0 Å². The minimum absolute atomic E-state index is 0.840. The van der Waals surface area contributed by atoms with E-state index in [-0.39, 0.29) is 0 Å². The molecule has 0 aromatic heterocycles. The number of hydrogen-bond acceptors (Lipinski definition) is 2. The van der Waals surface area contributed by atoms with Gasteiger partial charge in [0.2, 0.25) is 0 Å². The van der Waals surface area contributed by atoms with Crippen molar-refractivity contribution in [2.75, 3.05) is 5.32 Å². The van der Waals surface area contributed by atoms with Crippen LogP contribution in [-0.2, 0) is 6.54 Å². The molecule has 3 aromatic rings. The van der Waals surface area contributed by atoms with Crippen LogP contribution in [0.1, 0.15) is 5.56 Å². The number of para-hydroxylation sites is 1. The summed E-state index contributed by atoms with van der Waals surface area (Å²) >= 11 is 1.79. The molecular formula is C19H17NS. The van der Waals surface area contributed by atoms with E-state index < -0.39 is 0 Å². The zero-order valence-electron chi connectivity index (χ0n) is 11.7. The fraction of sp³-hybridized carbons (Fsp3) is 0.0526. The van der Waals surface area contributed by atoms with Crippen LogP contribution in [0.4, 0.5) is 5.69 Å². The number of anilines is 1. The molecule has 0 aliphatic rings. The summed E-state index contributed by atoms with van der Waals surface area (Å²) in [6.45, 7) is 0.840. The first-order valence-corrected chi connectivity index (χ1v) is 7.83. The number of nitrogens with one attached hydrogen (secondary N) is 1. The number of rotatable bonds is 5. The van der Waals surface area contributed by atoms with Gasteiger partial charge in [0.05, 0.1) is 0 Å². The summed E-state index contributed by atoms with van der Waals surface area (Å²) in [7, 11) is 0. The molecule has 0 spiro atoms. The van der Waals surface area contributed by atoms with Gasteiger partial charge in [0, 0.05) is 22.0 Å². The number of benzene rings is 3. The lowest BCUT2D eigenvalue weighted by atomic mass is 10.2. The number of hydrogen-bond donors (Lipinski definition) is 1. The largest absolute Gasteiger partial charge is 0.380 e. The molecule has 0 bridgehead atoms. The van der Waals surface area contributed by atoms with E-state index in [9.17, 15) is 0 Å². The summed E-state index contributed by atoms with van der Waals surface area (Å²) in [5.74, 6) is 0. The minimum atomic E-state index is 0.840. The van der Waals surface area contributed by atoms with E-state index in [0.29, 0.717) is 0 Å². The van der Waals surface area contributed by atoms with E-state index in [2.05, 4.69) is 78.1 Å². The average molecular weight is 291 g/mol. The van der Waals surface area contributed by atoms with Crippen molar-refractivity contribution in [2.24, 2.45) is 0 Å². The van der Waals surface area contributed by atoms with Crippen LogP contribution < -0.4 is 5.32 Å². The Labute approximate surface area is 130 Å². The molecule has 0 unspecified atom stereocenters. The lowest BCUT2D eigenvalue weighted by Crippen LogP contribution is -2.00. The molecule has 0 radical (unpaired) electrons. The van der Waals surface area contributed by atoms with E-state index in [1.807, 2.05) is 12.1 Å². The summed E-state index contributed by atoms with van der Waals surface area (Å²) < 4.78 is 0. The van der Waals surface area contributed by atoms with Crippen molar-refractivity contribution in [2.45, 2.75) is 16.3 Å². The first kappa shape index (κ1) is 13.8. The summed E-state index contributed by atoms with van der Waals surface area (Å²) in [5.41, 5.74) is 2.47. The fourth-order valence-corrected chi connectivity index (χ4v) is 3.05. The van der Waals surface area contributed by atoms with Crippen LogP contribution in [-0.4, -0.2) is 0 Å². The Bertz CT molecular complexity index is 680. The van der Waals surface area contributed by atoms with Gasteiger partial charge in [-0.3, -0.25) is 0 Å². The maximum absolute atomic E-state index is 3.53. The average Bonchev–Trinajstić information content (AvgIpc) is 2.56. The van der Waals surface area contributed by atoms with Crippen molar-refractivity contribution in [3.05, 3.63) is 90.5 Å². The van der Waals surface area contributed by atoms with Crippen LogP contribution in [0.5, 0.6) is 0 Å². The first-order chi connectivity index (χ1) is 10.4. The van der Waals surface area contributed by atoms with Crippen molar-refractivity contribution < 1.29 is 0 Å². The van der Waals surface area contributed by atoms with E-state index in [4.69, 9.17) is 0 Å². The fourth-order valence-electron chi connectivity index (χ4n) is 2.11. The predicted molar refractivity (Wildman–Crippen MR) is 90.8 cm³/mol. The Kier molecular flexibility index (Phi) is 4.59. The third-order valence-corrected chi connectivity index (χ3v) is 4.27. The van der Waals surface area contributed by atoms with Gasteiger partial charge in [-0.2, -0.15) is 0 Å². The van der Waals surface area contributed by atoms with Gasteiger partial charge in [0.1, 0.15) is 0 Å². The first-order valence-electron chi connectivity index (χ1n) is 7.01. The van der Waals surface area contributed by atoms with Crippen LogP contribution in [0.2, 0.25) is 0 Å². The highest BCUT2D eigenvalue weighted by Gasteiger charge is 2.03. The summed E-state index contributed by atoms with van der Waals surface area (Å²) in [4.78, 5) is 2.51. The third kappa shape index (κ3) is 3.89. The molecule has 0 aliphatic heterocycles. The molecular weight excluding hydrogens is 274 g/mol. The second-order valence-electron chi connectivity index (χ2n) is 4.75. The summed E-state index contributed by atoms with van der Waals surface area (Å²) in [6, 6.07) is 29.4. The van der Waals surface area contributed by atoms with Gasteiger partial charge in [-0.15, -0.1) is 0 Å². The summed E-state index contributed by atoms with van der Waals surface area (Å²) in [6.07, 6.45) is 0. The van der Waals surface area contributed by atoms with Gasteiger partial charge in [0.25, 0.3) is 0 Å². The van der Waals surface area contributed by atoms with Crippen LogP contribution in [0.15, 0.2) is 94.7 Å². The van der Waals surface area contributed by atoms with E-state index in [0.717, 1.165) is 6.54 Å². The Morgan fingerprint density at radius 3 is 2.05 bits per heavy atom. The highest BCUT2D eigenvalue weighted by molar-refractivity contribution is 7.99. The van der Waals surface area contributed by atoms with Gasteiger partial charge in [-0.25, -0.2) is 0 Å². The zero-order valence-corrected chi connectivity index (χ0v) is 12.5. The molecule has 0 saturated carbocycles. The molecule has 2 heteroatoms. The molecule has 0 amide bonds. The Hall–Kier alpha value is -2.19. The van der Waals surface area contributed by atoms with Crippen molar-refractivity contribution in [3.8, 4) is 0 Å². The molecule has 3 aromatic carbocycles. The molecule has 104 valence electrons. The minimum Gasteiger partial charge on any atom is -0.380 e.